The summed E-state index contributed by atoms with van der Waals surface area (Å²) in [6.07, 6.45) is 0. The summed E-state index contributed by atoms with van der Waals surface area (Å²) in [5.74, 6) is 0. The molecule has 3 N–H and O–H groups in total. The van der Waals surface area contributed by atoms with Crippen LogP contribution >= 0.6 is 0 Å². The molecule has 1 unspecified atom stereocenters. The van der Waals surface area contributed by atoms with Gasteiger partial charge >= 0.3 is 20.4 Å². The van der Waals surface area contributed by atoms with E-state index < -0.39 is 33.9 Å². The first-order valence-electron chi connectivity index (χ1n) is 2.68. The van der Waals surface area contributed by atoms with Crippen molar-refractivity contribution in [2.24, 2.45) is 5.73 Å². The third-order valence-electron chi connectivity index (χ3n) is 1.14. The van der Waals surface area contributed by atoms with E-state index in [-0.39, 0.29) is 6.54 Å². The Bertz CT molecular complexity index is 162. The van der Waals surface area contributed by atoms with Gasteiger partial charge in [-0.3, -0.25) is 4.55 Å². The molecule has 0 aromatic carbocycles. The van der Waals surface area contributed by atoms with Crippen molar-refractivity contribution in [3.8, 4) is 0 Å². The molecule has 0 saturated heterocycles. The molecule has 0 aromatic rings. The average Bonchev–Trinajstić information content (AvgIpc) is 1.65. The third kappa shape index (κ3) is 3.36. The molecule has 6 heteroatoms. The second-order valence-corrected chi connectivity index (χ2v) is 5.87. The van der Waals surface area contributed by atoms with Gasteiger partial charge in [0.25, 0.3) is 0 Å². The fraction of sp³-hybridized carbons (Fsp3) is 1.00. The molecule has 0 spiro atoms. The van der Waals surface area contributed by atoms with E-state index >= 15 is 0 Å². The molecule has 0 aliphatic heterocycles. The molecule has 52 valence electrons. The first kappa shape index (κ1) is 9.64. The fourth-order valence-corrected chi connectivity index (χ4v) is 2.76. The summed E-state index contributed by atoms with van der Waals surface area (Å²) in [4.78, 5) is 0. The van der Waals surface area contributed by atoms with Crippen LogP contribution in [0.2, 0.25) is 5.05 Å². The van der Waals surface area contributed by atoms with E-state index in [1.54, 1.807) is 5.05 Å². The molecule has 0 amide bonds. The Balaban J connectivity index is 4.14. The van der Waals surface area contributed by atoms with Crippen LogP contribution in [0.5, 0.6) is 0 Å². The molecular weight excluding hydrogens is 154 g/mol. The number of nitrogens with two attached hydrogens (primary N) is 1. The van der Waals surface area contributed by atoms with Crippen molar-refractivity contribution in [1.82, 2.24) is 0 Å². The van der Waals surface area contributed by atoms with Gasteiger partial charge in [0.2, 0.25) is 10.1 Å². The van der Waals surface area contributed by atoms with Crippen LogP contribution in [0.25, 0.3) is 0 Å². The van der Waals surface area contributed by atoms with Gasteiger partial charge in [0.15, 0.2) is 0 Å². The Kier molecular flexibility index (Phi) is 3.98. The maximum Gasteiger partial charge on any atom is 0.394 e. The average molecular weight is 163 g/mol. The van der Waals surface area contributed by atoms with Crippen molar-refractivity contribution in [1.29, 1.82) is 0 Å². The highest BCUT2D eigenvalue weighted by Crippen LogP contribution is 1.92. The Morgan fingerprint density at radius 1 is 1.78 bits per heavy atom. The van der Waals surface area contributed by atoms with Crippen molar-refractivity contribution in [2.45, 2.75) is 8.43 Å². The van der Waals surface area contributed by atoms with Crippen LogP contribution in [0.1, 0.15) is 0 Å². The number of hydrogen-bond donors (Lipinski definition) is 2. The monoisotopic (exact) mass is 163 g/mol. The van der Waals surface area contributed by atoms with Crippen LogP contribution in [0.3, 0.4) is 0 Å². The van der Waals surface area contributed by atoms with E-state index in [4.69, 9.17) is 10.3 Å². The zero-order chi connectivity index (χ0) is 7.49. The van der Waals surface area contributed by atoms with Crippen LogP contribution in [-0.4, -0.2) is 43.3 Å². The second-order valence-electron chi connectivity index (χ2n) is 1.78. The normalized spacial score (nSPS) is 14.6. The summed E-state index contributed by atoms with van der Waals surface area (Å²) in [7, 11) is -3.83. The molecule has 0 aliphatic carbocycles. The zero-order valence-electron chi connectivity index (χ0n) is 5.24. The lowest BCUT2D eigenvalue weighted by Crippen LogP contribution is -2.33. The van der Waals surface area contributed by atoms with Gasteiger partial charge in [-0.1, -0.05) is 0 Å². The van der Waals surface area contributed by atoms with Gasteiger partial charge in [-0.15, -0.1) is 0 Å². The van der Waals surface area contributed by atoms with Crippen LogP contribution in [-0.2, 0) is 10.1 Å². The summed E-state index contributed by atoms with van der Waals surface area (Å²) >= 11 is -0.739. The highest BCUT2D eigenvalue weighted by molar-refractivity contribution is 7.87. The second kappa shape index (κ2) is 3.72. The molecule has 9 heavy (non-hydrogen) atoms. The standard InChI is InChI=1S/C2H6NO3S.CH3.Mg/c3-1-2-7(4,5)6;;/h2H,1,3H2,(H,4,5,6);1H3;. The predicted molar refractivity (Wildman–Crippen MR) is 36.0 cm³/mol. The Hall–Kier alpha value is 0.636. The molecule has 0 aliphatic rings. The van der Waals surface area contributed by atoms with Crippen LogP contribution in [0, 0.1) is 0 Å². The zero-order valence-corrected chi connectivity index (χ0v) is 7.47. The van der Waals surface area contributed by atoms with E-state index in [0.717, 1.165) is 0 Å². The first-order chi connectivity index (χ1) is 4.02. The minimum absolute atomic E-state index is 0.0432. The predicted octanol–water partition coefficient (Wildman–Crippen LogP) is -1.09. The highest BCUT2D eigenvalue weighted by Gasteiger charge is 2.19. The molecule has 0 saturated carbocycles. The summed E-state index contributed by atoms with van der Waals surface area (Å²) in [6.45, 7) is 0.0432. The molecular formula is C3H9MgNO3S. The van der Waals surface area contributed by atoms with E-state index in [0.29, 0.717) is 0 Å². The molecule has 0 heterocycles. The van der Waals surface area contributed by atoms with Gasteiger partial charge in [-0.25, -0.2) is 8.42 Å². The third-order valence-corrected chi connectivity index (χ3v) is 5.68. The minimum Gasteiger partial charge on any atom is -0.331 e. The van der Waals surface area contributed by atoms with E-state index in [1.807, 2.05) is 0 Å². The topological polar surface area (TPSA) is 80.4 Å². The molecule has 0 fully saturated rings. The summed E-state index contributed by atoms with van der Waals surface area (Å²) in [5, 5.41) is 1.80. The van der Waals surface area contributed by atoms with Crippen molar-refractivity contribution < 1.29 is 13.0 Å². The Morgan fingerprint density at radius 2 is 2.22 bits per heavy atom. The molecule has 0 rings (SSSR count). The minimum atomic E-state index is -3.83. The molecule has 4 nitrogen and oxygen atoms in total. The maximum atomic E-state index is 10.3. The first-order valence-corrected chi connectivity index (χ1v) is 6.42. The number of hydrogen-bond acceptors (Lipinski definition) is 3. The van der Waals surface area contributed by atoms with Gasteiger partial charge < -0.3 is 5.73 Å². The fourth-order valence-electron chi connectivity index (χ4n) is 0.499. The van der Waals surface area contributed by atoms with Crippen molar-refractivity contribution in [3.63, 3.8) is 0 Å². The molecule has 0 bridgehead atoms. The summed E-state index contributed by atoms with van der Waals surface area (Å²) in [5.41, 5.74) is 5.06. The van der Waals surface area contributed by atoms with E-state index in [2.05, 4.69) is 0 Å². The quantitative estimate of drug-likeness (QED) is 0.409. The van der Waals surface area contributed by atoms with E-state index in [1.165, 1.54) is 0 Å². The molecule has 0 radical (unpaired) electrons. The smallest absolute Gasteiger partial charge is 0.331 e. The van der Waals surface area contributed by atoms with Crippen molar-refractivity contribution >= 4 is 30.5 Å². The molecule has 0 aromatic heterocycles. The summed E-state index contributed by atoms with van der Waals surface area (Å²) < 4.78 is 28.4. The van der Waals surface area contributed by atoms with Crippen LogP contribution < -0.4 is 5.73 Å². The highest BCUT2D eigenvalue weighted by atomic mass is 32.2. The van der Waals surface area contributed by atoms with Gasteiger partial charge in [0, 0.05) is 0 Å². The van der Waals surface area contributed by atoms with Crippen molar-refractivity contribution in [2.75, 3.05) is 6.54 Å². The Labute approximate surface area is 64.3 Å². The van der Waals surface area contributed by atoms with Gasteiger partial charge in [0.1, 0.15) is 0 Å². The lowest BCUT2D eigenvalue weighted by atomic mass is 10.8. The Morgan fingerprint density at radius 3 is 2.22 bits per heavy atom. The largest absolute Gasteiger partial charge is 0.394 e. The van der Waals surface area contributed by atoms with E-state index in [9.17, 15) is 8.42 Å². The van der Waals surface area contributed by atoms with Gasteiger partial charge in [-0.2, -0.15) is 5.05 Å². The SMILES string of the molecule is [CH3][Mg][CH](CN)S(=O)(=O)O. The van der Waals surface area contributed by atoms with Gasteiger partial charge in [0.05, 0.1) is 0 Å². The van der Waals surface area contributed by atoms with Crippen molar-refractivity contribution in [3.05, 3.63) is 0 Å². The van der Waals surface area contributed by atoms with Crippen LogP contribution in [0.15, 0.2) is 0 Å². The van der Waals surface area contributed by atoms with Crippen LogP contribution in [0.4, 0.5) is 0 Å². The lowest BCUT2D eigenvalue weighted by molar-refractivity contribution is 0.479. The lowest BCUT2D eigenvalue weighted by Gasteiger charge is -2.05. The summed E-state index contributed by atoms with van der Waals surface area (Å²) in [6, 6.07) is 0. The number of rotatable bonds is 3. The maximum absolute atomic E-state index is 10.3. The molecule has 1 atom stereocenters. The van der Waals surface area contributed by atoms with Gasteiger partial charge in [-0.05, 0) is 9.92 Å².